The summed E-state index contributed by atoms with van der Waals surface area (Å²) in [6.45, 7) is 1.96. The molecular weight excluding hydrogens is 308 g/mol. The van der Waals surface area contributed by atoms with Gasteiger partial charge in [0.2, 0.25) is 5.91 Å². The molecule has 0 aliphatic rings. The summed E-state index contributed by atoms with van der Waals surface area (Å²) < 4.78 is 9.82. The lowest BCUT2D eigenvalue weighted by Gasteiger charge is -2.12. The van der Waals surface area contributed by atoms with Crippen molar-refractivity contribution in [1.29, 1.82) is 0 Å². The predicted octanol–water partition coefficient (Wildman–Crippen LogP) is 2.84. The lowest BCUT2D eigenvalue weighted by molar-refractivity contribution is -0.114. The smallest absolute Gasteiger partial charge is 0.337 e. The Bertz CT molecular complexity index is 744. The Morgan fingerprint density at radius 1 is 1.08 bits per heavy atom. The molecule has 0 aliphatic heterocycles. The van der Waals surface area contributed by atoms with Gasteiger partial charge in [0, 0.05) is 17.4 Å². The van der Waals surface area contributed by atoms with Gasteiger partial charge in [0.1, 0.15) is 5.75 Å². The number of nitrogens with one attached hydrogen (secondary N) is 2. The highest BCUT2D eigenvalue weighted by molar-refractivity contribution is 5.94. The van der Waals surface area contributed by atoms with Crippen molar-refractivity contribution in [3.05, 3.63) is 53.6 Å². The standard InChI is InChI=1S/C18H20N2O4/c1-12-7-8-13(18(22)24-3)9-16(12)19-11-17(21)20-14-5-4-6-15(10-14)23-2/h4-10,19H,11H2,1-3H3,(H,20,21). The van der Waals surface area contributed by atoms with Crippen molar-refractivity contribution >= 4 is 23.3 Å². The van der Waals surface area contributed by atoms with Crippen molar-refractivity contribution in [1.82, 2.24) is 0 Å². The van der Waals surface area contributed by atoms with Crippen LogP contribution < -0.4 is 15.4 Å². The molecule has 6 heteroatoms. The lowest BCUT2D eigenvalue weighted by Crippen LogP contribution is -2.22. The first-order valence-corrected chi connectivity index (χ1v) is 7.40. The number of methoxy groups -OCH3 is 2. The molecule has 0 unspecified atom stereocenters. The summed E-state index contributed by atoms with van der Waals surface area (Å²) in [5, 5.41) is 5.81. The molecule has 2 aromatic rings. The molecule has 2 rings (SSSR count). The van der Waals surface area contributed by atoms with E-state index in [1.807, 2.05) is 6.92 Å². The second-order valence-corrected chi connectivity index (χ2v) is 5.15. The van der Waals surface area contributed by atoms with Crippen LogP contribution in [-0.2, 0) is 9.53 Å². The highest BCUT2D eigenvalue weighted by Crippen LogP contribution is 2.18. The van der Waals surface area contributed by atoms with Crippen LogP contribution in [0.3, 0.4) is 0 Å². The van der Waals surface area contributed by atoms with Gasteiger partial charge in [0.05, 0.1) is 26.3 Å². The maximum absolute atomic E-state index is 12.1. The number of esters is 1. The highest BCUT2D eigenvalue weighted by Gasteiger charge is 2.09. The van der Waals surface area contributed by atoms with E-state index in [1.54, 1.807) is 49.6 Å². The molecule has 0 bridgehead atoms. The van der Waals surface area contributed by atoms with Gasteiger partial charge in [-0.3, -0.25) is 4.79 Å². The van der Waals surface area contributed by atoms with E-state index in [1.165, 1.54) is 7.11 Å². The minimum Gasteiger partial charge on any atom is -0.497 e. The summed E-state index contributed by atoms with van der Waals surface area (Å²) >= 11 is 0. The first-order chi connectivity index (χ1) is 11.5. The largest absolute Gasteiger partial charge is 0.497 e. The fourth-order valence-electron chi connectivity index (χ4n) is 2.14. The van der Waals surface area contributed by atoms with Crippen LogP contribution in [0.25, 0.3) is 0 Å². The van der Waals surface area contributed by atoms with Crippen LogP contribution in [0.5, 0.6) is 5.75 Å². The number of hydrogen-bond donors (Lipinski definition) is 2. The van der Waals surface area contributed by atoms with Crippen LogP contribution in [-0.4, -0.2) is 32.6 Å². The van der Waals surface area contributed by atoms with Crippen molar-refractivity contribution in [3.63, 3.8) is 0 Å². The average molecular weight is 328 g/mol. The zero-order valence-electron chi connectivity index (χ0n) is 13.9. The van der Waals surface area contributed by atoms with E-state index in [4.69, 9.17) is 9.47 Å². The van der Waals surface area contributed by atoms with Crippen LogP contribution >= 0.6 is 0 Å². The Labute approximate surface area is 140 Å². The Kier molecular flexibility index (Phi) is 5.78. The van der Waals surface area contributed by atoms with Gasteiger partial charge in [0.25, 0.3) is 0 Å². The van der Waals surface area contributed by atoms with Crippen LogP contribution in [0, 0.1) is 6.92 Å². The second-order valence-electron chi connectivity index (χ2n) is 5.15. The third-order valence-electron chi connectivity index (χ3n) is 3.45. The molecule has 0 spiro atoms. The fraction of sp³-hybridized carbons (Fsp3) is 0.222. The van der Waals surface area contributed by atoms with Gasteiger partial charge in [-0.15, -0.1) is 0 Å². The maximum atomic E-state index is 12.1. The number of anilines is 2. The van der Waals surface area contributed by atoms with Gasteiger partial charge in [0.15, 0.2) is 0 Å². The number of amides is 1. The summed E-state index contributed by atoms with van der Waals surface area (Å²) in [6, 6.07) is 12.3. The van der Waals surface area contributed by atoms with E-state index >= 15 is 0 Å². The summed E-state index contributed by atoms with van der Waals surface area (Å²) in [5.74, 6) is 0.0485. The molecule has 1 amide bonds. The average Bonchev–Trinajstić information content (AvgIpc) is 2.60. The topological polar surface area (TPSA) is 76.7 Å². The van der Waals surface area contributed by atoms with E-state index in [0.717, 1.165) is 5.56 Å². The summed E-state index contributed by atoms with van der Waals surface area (Å²) in [6.07, 6.45) is 0. The maximum Gasteiger partial charge on any atom is 0.337 e. The number of carbonyl (C=O) groups is 2. The number of carbonyl (C=O) groups excluding carboxylic acids is 2. The molecule has 0 atom stereocenters. The van der Waals surface area contributed by atoms with Crippen molar-refractivity contribution < 1.29 is 19.1 Å². The van der Waals surface area contributed by atoms with Crippen molar-refractivity contribution in [2.75, 3.05) is 31.4 Å². The normalized spacial score (nSPS) is 9.96. The lowest BCUT2D eigenvalue weighted by atomic mass is 10.1. The minimum absolute atomic E-state index is 0.0721. The Hall–Kier alpha value is -3.02. The van der Waals surface area contributed by atoms with Gasteiger partial charge in [-0.2, -0.15) is 0 Å². The fourth-order valence-corrected chi connectivity index (χ4v) is 2.14. The first kappa shape index (κ1) is 17.3. The van der Waals surface area contributed by atoms with E-state index in [-0.39, 0.29) is 12.5 Å². The molecule has 126 valence electrons. The van der Waals surface area contributed by atoms with Gasteiger partial charge in [-0.05, 0) is 36.8 Å². The predicted molar refractivity (Wildman–Crippen MR) is 92.6 cm³/mol. The summed E-state index contributed by atoms with van der Waals surface area (Å²) in [5.41, 5.74) is 2.72. The number of ether oxygens (including phenoxy) is 2. The van der Waals surface area contributed by atoms with Crippen molar-refractivity contribution in [2.45, 2.75) is 6.92 Å². The van der Waals surface area contributed by atoms with Gasteiger partial charge in [-0.25, -0.2) is 4.79 Å². The first-order valence-electron chi connectivity index (χ1n) is 7.40. The van der Waals surface area contributed by atoms with E-state index in [9.17, 15) is 9.59 Å². The third-order valence-corrected chi connectivity index (χ3v) is 3.45. The number of benzene rings is 2. The van der Waals surface area contributed by atoms with Gasteiger partial charge < -0.3 is 20.1 Å². The minimum atomic E-state index is -0.418. The molecule has 0 heterocycles. The molecule has 0 saturated carbocycles. The van der Waals surface area contributed by atoms with Gasteiger partial charge >= 0.3 is 5.97 Å². The molecule has 6 nitrogen and oxygen atoms in total. The molecular formula is C18H20N2O4. The molecule has 0 aliphatic carbocycles. The molecule has 0 fully saturated rings. The SMILES string of the molecule is COC(=O)c1ccc(C)c(NCC(=O)Nc2cccc(OC)c2)c1. The van der Waals surface area contributed by atoms with E-state index < -0.39 is 5.97 Å². The van der Waals surface area contributed by atoms with Gasteiger partial charge in [-0.1, -0.05) is 12.1 Å². The van der Waals surface area contributed by atoms with Crippen LogP contribution in [0.2, 0.25) is 0 Å². The molecule has 0 aromatic heterocycles. The summed E-state index contributed by atoms with van der Waals surface area (Å²) in [7, 11) is 2.90. The second kappa shape index (κ2) is 8.01. The van der Waals surface area contributed by atoms with E-state index in [2.05, 4.69) is 10.6 Å². The zero-order chi connectivity index (χ0) is 17.5. The van der Waals surface area contributed by atoms with E-state index in [0.29, 0.717) is 22.7 Å². The zero-order valence-corrected chi connectivity index (χ0v) is 13.9. The third kappa shape index (κ3) is 4.49. The number of hydrogen-bond acceptors (Lipinski definition) is 5. The van der Waals surface area contributed by atoms with Crippen LogP contribution in [0.1, 0.15) is 15.9 Å². The number of aryl methyl sites for hydroxylation is 1. The summed E-state index contributed by atoms with van der Waals surface area (Å²) in [4.78, 5) is 23.6. The van der Waals surface area contributed by atoms with Crippen LogP contribution in [0.15, 0.2) is 42.5 Å². The quantitative estimate of drug-likeness (QED) is 0.798. The van der Waals surface area contributed by atoms with Crippen molar-refractivity contribution in [2.24, 2.45) is 0 Å². The van der Waals surface area contributed by atoms with Crippen molar-refractivity contribution in [3.8, 4) is 5.75 Å². The van der Waals surface area contributed by atoms with Crippen LogP contribution in [0.4, 0.5) is 11.4 Å². The number of rotatable bonds is 6. The Balaban J connectivity index is 1.99. The molecule has 0 radical (unpaired) electrons. The molecule has 24 heavy (non-hydrogen) atoms. The molecule has 2 aromatic carbocycles. The molecule has 2 N–H and O–H groups in total. The molecule has 0 saturated heterocycles. The Morgan fingerprint density at radius 3 is 2.58 bits per heavy atom. The monoisotopic (exact) mass is 328 g/mol. The Morgan fingerprint density at radius 2 is 1.88 bits per heavy atom. The highest BCUT2D eigenvalue weighted by atomic mass is 16.5.